The van der Waals surface area contributed by atoms with Crippen molar-refractivity contribution in [2.45, 2.75) is 33.1 Å². The molecular weight excluding hydrogens is 602 g/mol. The number of aromatic nitrogens is 4. The molecule has 44 heavy (non-hydrogen) atoms. The van der Waals surface area contributed by atoms with E-state index in [-0.39, 0.29) is 45.8 Å². The number of urea groups is 1. The summed E-state index contributed by atoms with van der Waals surface area (Å²) in [5.41, 5.74) is 1.38. The van der Waals surface area contributed by atoms with Crippen LogP contribution >= 0.6 is 11.8 Å². The van der Waals surface area contributed by atoms with Crippen molar-refractivity contribution in [2.24, 2.45) is 4.99 Å². The van der Waals surface area contributed by atoms with Gasteiger partial charge in [0.2, 0.25) is 5.91 Å². The number of ether oxygens (including phenoxy) is 1. The highest BCUT2D eigenvalue weighted by atomic mass is 32.2. The second kappa shape index (κ2) is 12.5. The van der Waals surface area contributed by atoms with Crippen LogP contribution in [0.2, 0.25) is 0 Å². The minimum Gasteiger partial charge on any atom is -0.374 e. The third-order valence-electron chi connectivity index (χ3n) is 6.51. The molecule has 1 aliphatic heterocycles. The van der Waals surface area contributed by atoms with Gasteiger partial charge < -0.3 is 10.1 Å². The number of nitrogens with zero attached hydrogens (tertiary/aromatic N) is 6. The van der Waals surface area contributed by atoms with Crippen molar-refractivity contribution in [2.75, 3.05) is 22.6 Å². The van der Waals surface area contributed by atoms with Gasteiger partial charge in [0, 0.05) is 23.9 Å². The quantitative estimate of drug-likeness (QED) is 0.231. The molecule has 1 fully saturated rings. The Hall–Kier alpha value is -4.63. The summed E-state index contributed by atoms with van der Waals surface area (Å²) in [4.78, 5) is 39.0. The zero-order valence-corrected chi connectivity index (χ0v) is 24.4. The van der Waals surface area contributed by atoms with Crippen molar-refractivity contribution in [3.63, 3.8) is 0 Å². The van der Waals surface area contributed by atoms with Gasteiger partial charge in [-0.15, -0.1) is 5.10 Å². The Labute approximate surface area is 253 Å². The molecule has 1 N–H and O–H groups in total. The summed E-state index contributed by atoms with van der Waals surface area (Å²) in [7, 11) is 0. The van der Waals surface area contributed by atoms with E-state index in [0.29, 0.717) is 18.5 Å². The van der Waals surface area contributed by atoms with E-state index in [1.165, 1.54) is 23.4 Å². The number of nitrogens with one attached hydrogen (secondary N) is 1. The number of amidine groups is 1. The average Bonchev–Trinajstić information content (AvgIpc) is 3.61. The van der Waals surface area contributed by atoms with Crippen LogP contribution in [0.3, 0.4) is 0 Å². The number of amides is 3. The molecule has 3 amide bonds. The van der Waals surface area contributed by atoms with Crippen molar-refractivity contribution >= 4 is 40.2 Å². The molecule has 0 aliphatic carbocycles. The molecule has 0 bridgehead atoms. The number of carbonyl (C=O) groups excluding carboxylic acids is 2. The normalized spacial score (nSPS) is 15.2. The van der Waals surface area contributed by atoms with E-state index in [9.17, 15) is 22.8 Å². The number of alkyl halides is 3. The topological polar surface area (TPSA) is 115 Å². The number of rotatable bonds is 7. The second-order valence-corrected chi connectivity index (χ2v) is 10.6. The first kappa shape index (κ1) is 30.8. The SMILES string of the molecule is CCOC(C)c1ccc(C)cc1N1C(=O)CSC1=NC(=O)Nc1ccc(-c2ncn(-c3ccc(C(F)(F)F)cn3)n2)cc1F. The second-order valence-electron chi connectivity index (χ2n) is 9.61. The predicted octanol–water partition coefficient (Wildman–Crippen LogP) is 6.56. The van der Waals surface area contributed by atoms with Gasteiger partial charge in [-0.25, -0.2) is 23.8 Å². The highest BCUT2D eigenvalue weighted by Crippen LogP contribution is 2.35. The van der Waals surface area contributed by atoms with E-state index in [1.807, 2.05) is 39.0 Å². The van der Waals surface area contributed by atoms with Crippen molar-refractivity contribution in [1.29, 1.82) is 0 Å². The molecule has 1 unspecified atom stereocenters. The highest BCUT2D eigenvalue weighted by molar-refractivity contribution is 8.15. The molecule has 0 saturated carbocycles. The maximum Gasteiger partial charge on any atom is 0.417 e. The lowest BCUT2D eigenvalue weighted by molar-refractivity contribution is -0.137. The van der Waals surface area contributed by atoms with Crippen LogP contribution < -0.4 is 10.2 Å². The van der Waals surface area contributed by atoms with Gasteiger partial charge in [0.1, 0.15) is 12.1 Å². The van der Waals surface area contributed by atoms with E-state index < -0.39 is 23.6 Å². The Kier molecular flexibility index (Phi) is 8.78. The summed E-state index contributed by atoms with van der Waals surface area (Å²) >= 11 is 1.09. The van der Waals surface area contributed by atoms with Crippen LogP contribution in [0.25, 0.3) is 17.2 Å². The predicted molar refractivity (Wildman–Crippen MR) is 157 cm³/mol. The van der Waals surface area contributed by atoms with Gasteiger partial charge in [-0.2, -0.15) is 18.2 Å². The third-order valence-corrected chi connectivity index (χ3v) is 7.44. The lowest BCUT2D eigenvalue weighted by atomic mass is 10.0. The molecule has 5 rings (SSSR count). The van der Waals surface area contributed by atoms with Gasteiger partial charge in [-0.3, -0.25) is 9.69 Å². The molecule has 0 radical (unpaired) electrons. The number of hydrogen-bond acceptors (Lipinski definition) is 7. The zero-order valence-electron chi connectivity index (χ0n) is 23.6. The summed E-state index contributed by atoms with van der Waals surface area (Å²) in [6.45, 7) is 6.09. The van der Waals surface area contributed by atoms with E-state index in [1.54, 1.807) is 0 Å². The van der Waals surface area contributed by atoms with Gasteiger partial charge >= 0.3 is 12.2 Å². The summed E-state index contributed by atoms with van der Waals surface area (Å²) in [6, 6.07) is 10.6. The summed E-state index contributed by atoms with van der Waals surface area (Å²) in [5.74, 6) is -0.824. The molecule has 1 saturated heterocycles. The Morgan fingerprint density at radius 2 is 1.95 bits per heavy atom. The molecule has 1 atom stereocenters. The number of pyridine rings is 1. The van der Waals surface area contributed by atoms with Crippen molar-refractivity contribution < 1.29 is 31.9 Å². The molecule has 0 spiro atoms. The minimum absolute atomic E-state index is 0.0766. The van der Waals surface area contributed by atoms with Crippen LogP contribution in [0, 0.1) is 12.7 Å². The van der Waals surface area contributed by atoms with E-state index in [0.717, 1.165) is 45.8 Å². The van der Waals surface area contributed by atoms with E-state index in [4.69, 9.17) is 4.74 Å². The minimum atomic E-state index is -4.53. The van der Waals surface area contributed by atoms with Crippen LogP contribution in [0.5, 0.6) is 0 Å². The standard InChI is InChI=1S/C29H25F4N7O3S/c1-4-43-17(3)20-8-5-16(2)11-23(20)40-25(41)14-44-28(40)37-27(42)36-22-9-6-18(12-21(22)30)26-35-15-39(38-26)24-10-7-19(13-34-24)29(31,32)33/h5-13,15,17H,4,14H2,1-3H3,(H,36,42). The smallest absolute Gasteiger partial charge is 0.374 e. The zero-order chi connectivity index (χ0) is 31.6. The lowest BCUT2D eigenvalue weighted by Gasteiger charge is -2.23. The monoisotopic (exact) mass is 627 g/mol. The fourth-order valence-electron chi connectivity index (χ4n) is 4.39. The van der Waals surface area contributed by atoms with Crippen LogP contribution in [0.4, 0.5) is 33.7 Å². The Bertz CT molecular complexity index is 1740. The molecule has 10 nitrogen and oxygen atoms in total. The number of carbonyl (C=O) groups is 2. The molecule has 3 heterocycles. The lowest BCUT2D eigenvalue weighted by Crippen LogP contribution is -2.31. The fraction of sp³-hybridized carbons (Fsp3) is 0.241. The number of benzene rings is 2. The maximum absolute atomic E-state index is 15.0. The highest BCUT2D eigenvalue weighted by Gasteiger charge is 2.33. The summed E-state index contributed by atoms with van der Waals surface area (Å²) in [6.07, 6.45) is -2.93. The number of halogens is 4. The number of thioether (sulfide) groups is 1. The Morgan fingerprint density at radius 1 is 1.16 bits per heavy atom. The van der Waals surface area contributed by atoms with Gasteiger partial charge in [-0.1, -0.05) is 23.9 Å². The first-order valence-corrected chi connectivity index (χ1v) is 14.3. The summed E-state index contributed by atoms with van der Waals surface area (Å²) < 4.78 is 60.4. The van der Waals surface area contributed by atoms with Crippen molar-refractivity contribution in [1.82, 2.24) is 19.7 Å². The van der Waals surface area contributed by atoms with Gasteiger partial charge in [-0.05, 0) is 62.7 Å². The first-order valence-electron chi connectivity index (χ1n) is 13.3. The van der Waals surface area contributed by atoms with Crippen LogP contribution in [0.15, 0.2) is 66.0 Å². The first-order chi connectivity index (χ1) is 20.9. The number of aliphatic imine (C=N–C) groups is 1. The molecule has 228 valence electrons. The van der Waals surface area contributed by atoms with Gasteiger partial charge in [0.05, 0.1) is 28.8 Å². The molecule has 2 aromatic heterocycles. The average molecular weight is 628 g/mol. The molecule has 4 aromatic rings. The van der Waals surface area contributed by atoms with Crippen LogP contribution in [-0.2, 0) is 15.7 Å². The van der Waals surface area contributed by atoms with Crippen LogP contribution in [-0.4, -0.2) is 49.2 Å². The van der Waals surface area contributed by atoms with Crippen molar-refractivity contribution in [3.05, 3.63) is 83.6 Å². The van der Waals surface area contributed by atoms with Gasteiger partial charge in [0.25, 0.3) is 0 Å². The summed E-state index contributed by atoms with van der Waals surface area (Å²) in [5, 5.41) is 6.70. The molecular formula is C29H25F4N7O3S. The number of anilines is 2. The van der Waals surface area contributed by atoms with Gasteiger partial charge in [0.15, 0.2) is 16.8 Å². The fourth-order valence-corrected chi connectivity index (χ4v) is 5.25. The molecule has 1 aliphatic rings. The largest absolute Gasteiger partial charge is 0.417 e. The number of aryl methyl sites for hydroxylation is 1. The number of hydrogen-bond donors (Lipinski definition) is 1. The maximum atomic E-state index is 15.0. The Balaban J connectivity index is 1.33. The molecule has 2 aromatic carbocycles. The Morgan fingerprint density at radius 3 is 2.64 bits per heavy atom. The molecule has 15 heteroatoms. The van der Waals surface area contributed by atoms with E-state index in [2.05, 4.69) is 25.4 Å². The third kappa shape index (κ3) is 6.63. The van der Waals surface area contributed by atoms with Crippen molar-refractivity contribution in [3.8, 4) is 17.2 Å². The van der Waals surface area contributed by atoms with Crippen LogP contribution in [0.1, 0.15) is 36.6 Å². The van der Waals surface area contributed by atoms with E-state index >= 15 is 4.39 Å².